The van der Waals surface area contributed by atoms with Gasteiger partial charge in [0.15, 0.2) is 0 Å². The molecule has 0 heterocycles. The monoisotopic (exact) mass is 214 g/mol. The van der Waals surface area contributed by atoms with Gasteiger partial charge in [-0.2, -0.15) is 0 Å². The van der Waals surface area contributed by atoms with Gasteiger partial charge < -0.3 is 29.3 Å². The summed E-state index contributed by atoms with van der Waals surface area (Å²) >= 11 is 0. The van der Waals surface area contributed by atoms with E-state index in [2.05, 4.69) is 0 Å². The predicted molar refractivity (Wildman–Crippen MR) is 40.3 cm³/mol. The van der Waals surface area contributed by atoms with Crippen LogP contribution in [0.1, 0.15) is 0 Å². The molecule has 0 N–H and O–H groups in total. The standard InChI is InChI=1S/C6H14O3.BO3.3Li/c1-7-3-5-9-6-4-8-2;2-1(3)4;;;/h3-6H2,1-2H3;;;;/q;-3;3*+1. The maximum absolute atomic E-state index is 8.42. The Bertz CT molecular complexity index is 83.9. The molecule has 0 rings (SSSR count). The molecule has 0 aromatic carbocycles. The molecular weight excluding hydrogens is 200 g/mol. The minimum absolute atomic E-state index is 0. The summed E-state index contributed by atoms with van der Waals surface area (Å²) < 4.78 is 14.6. The van der Waals surface area contributed by atoms with Gasteiger partial charge in [0.1, 0.15) is 0 Å². The molecule has 0 spiro atoms. The van der Waals surface area contributed by atoms with Crippen LogP contribution in [0.4, 0.5) is 0 Å². The first-order chi connectivity index (χ1) is 6.15. The van der Waals surface area contributed by atoms with Crippen LogP contribution < -0.4 is 71.7 Å². The summed E-state index contributed by atoms with van der Waals surface area (Å²) in [5.41, 5.74) is 0. The summed E-state index contributed by atoms with van der Waals surface area (Å²) in [6.07, 6.45) is 0. The van der Waals surface area contributed by atoms with Gasteiger partial charge in [-0.1, -0.05) is 0 Å². The first-order valence-corrected chi connectivity index (χ1v) is 3.68. The van der Waals surface area contributed by atoms with Crippen LogP contribution in [0.5, 0.6) is 0 Å². The maximum Gasteiger partial charge on any atom is 1.00 e. The Kier molecular flexibility index (Phi) is 57.4. The number of ether oxygens (including phenoxy) is 3. The molecule has 0 bridgehead atoms. The minimum Gasteiger partial charge on any atom is -0.907 e. The quantitative estimate of drug-likeness (QED) is 0.321. The van der Waals surface area contributed by atoms with E-state index in [1.807, 2.05) is 0 Å². The van der Waals surface area contributed by atoms with Crippen molar-refractivity contribution in [3.8, 4) is 0 Å². The molecule has 0 aromatic rings. The summed E-state index contributed by atoms with van der Waals surface area (Å²) in [4.78, 5) is 0. The van der Waals surface area contributed by atoms with Crippen LogP contribution in [0.15, 0.2) is 0 Å². The van der Waals surface area contributed by atoms with Crippen LogP contribution in [-0.4, -0.2) is 48.0 Å². The van der Waals surface area contributed by atoms with Crippen molar-refractivity contribution in [1.29, 1.82) is 0 Å². The number of hydrogen-bond donors (Lipinski definition) is 0. The number of hydrogen-bond acceptors (Lipinski definition) is 6. The van der Waals surface area contributed by atoms with Gasteiger partial charge in [0.25, 0.3) is 0 Å². The molecule has 0 saturated heterocycles. The largest absolute Gasteiger partial charge is 1.00 e. The Balaban J connectivity index is -0.0000000511. The van der Waals surface area contributed by atoms with Crippen LogP contribution in [0.25, 0.3) is 0 Å². The van der Waals surface area contributed by atoms with Crippen molar-refractivity contribution in [2.45, 2.75) is 0 Å². The molecule has 80 valence electrons. The SMILES string of the molecule is COCCOCCOC.[Li+].[Li+].[Li+].[O-]B([O-])[O-]. The molecule has 0 unspecified atom stereocenters. The van der Waals surface area contributed by atoms with Crippen molar-refractivity contribution in [2.24, 2.45) is 0 Å². The van der Waals surface area contributed by atoms with E-state index in [0.29, 0.717) is 26.4 Å². The molecule has 10 heteroatoms. The molecule has 0 atom stereocenters. The van der Waals surface area contributed by atoms with E-state index >= 15 is 0 Å². The normalized spacial score (nSPS) is 7.31. The zero-order chi connectivity index (χ0) is 10.5. The minimum atomic E-state index is -2.92. The van der Waals surface area contributed by atoms with Gasteiger partial charge in [0, 0.05) is 14.2 Å². The Hall–Kier alpha value is 1.62. The molecule has 0 radical (unpaired) electrons. The van der Waals surface area contributed by atoms with E-state index < -0.39 is 7.32 Å². The molecule has 0 amide bonds. The fourth-order valence-corrected chi connectivity index (χ4v) is 0.387. The third-order valence-electron chi connectivity index (χ3n) is 0.864. The van der Waals surface area contributed by atoms with E-state index in [0.717, 1.165) is 0 Å². The van der Waals surface area contributed by atoms with Crippen molar-refractivity contribution in [3.05, 3.63) is 0 Å². The van der Waals surface area contributed by atoms with E-state index in [-0.39, 0.29) is 56.6 Å². The number of rotatable bonds is 6. The van der Waals surface area contributed by atoms with E-state index in [4.69, 9.17) is 29.3 Å². The Labute approximate surface area is 133 Å². The molecular formula is C6H14BLi3O6. The fourth-order valence-electron chi connectivity index (χ4n) is 0.387. The van der Waals surface area contributed by atoms with Crippen LogP contribution >= 0.6 is 0 Å². The van der Waals surface area contributed by atoms with Crippen molar-refractivity contribution in [2.75, 3.05) is 40.6 Å². The second-order valence-electron chi connectivity index (χ2n) is 1.89. The van der Waals surface area contributed by atoms with Gasteiger partial charge in [-0.25, -0.2) is 0 Å². The smallest absolute Gasteiger partial charge is 0.907 e. The van der Waals surface area contributed by atoms with Crippen LogP contribution in [0, 0.1) is 0 Å². The molecule has 0 saturated carbocycles. The first kappa shape index (κ1) is 30.6. The maximum atomic E-state index is 8.42. The van der Waals surface area contributed by atoms with Crippen molar-refractivity contribution in [3.63, 3.8) is 0 Å². The second kappa shape index (κ2) is 30.0. The summed E-state index contributed by atoms with van der Waals surface area (Å²) in [7, 11) is 0.388. The molecule has 6 nitrogen and oxygen atoms in total. The first-order valence-electron chi connectivity index (χ1n) is 3.68. The Morgan fingerprint density at radius 1 is 0.750 bits per heavy atom. The molecule has 0 aliphatic heterocycles. The molecule has 16 heavy (non-hydrogen) atoms. The zero-order valence-corrected chi connectivity index (χ0v) is 10.9. The van der Waals surface area contributed by atoms with Crippen LogP contribution in [0.2, 0.25) is 0 Å². The van der Waals surface area contributed by atoms with Crippen molar-refractivity contribution >= 4 is 7.32 Å². The Morgan fingerprint density at radius 2 is 1.00 bits per heavy atom. The number of methoxy groups -OCH3 is 2. The van der Waals surface area contributed by atoms with E-state index in [1.54, 1.807) is 14.2 Å². The van der Waals surface area contributed by atoms with Crippen LogP contribution in [0.3, 0.4) is 0 Å². The van der Waals surface area contributed by atoms with Gasteiger partial charge >= 0.3 is 56.6 Å². The third kappa shape index (κ3) is 57.5. The molecule has 0 aliphatic carbocycles. The topological polar surface area (TPSA) is 96.9 Å². The van der Waals surface area contributed by atoms with E-state index in [1.165, 1.54) is 0 Å². The van der Waals surface area contributed by atoms with E-state index in [9.17, 15) is 0 Å². The van der Waals surface area contributed by atoms with Gasteiger partial charge in [-0.15, -0.1) is 0 Å². The molecule has 0 fully saturated rings. The zero-order valence-electron chi connectivity index (χ0n) is 10.9. The average Bonchev–Trinajstić information content (AvgIpc) is 2.03. The average molecular weight is 214 g/mol. The van der Waals surface area contributed by atoms with Crippen molar-refractivity contribution in [1.82, 2.24) is 0 Å². The summed E-state index contributed by atoms with van der Waals surface area (Å²) in [5, 5.41) is 25.2. The van der Waals surface area contributed by atoms with Gasteiger partial charge in [0.2, 0.25) is 0 Å². The van der Waals surface area contributed by atoms with Crippen molar-refractivity contribution < 1.29 is 85.9 Å². The van der Waals surface area contributed by atoms with Gasteiger partial charge in [0.05, 0.1) is 26.4 Å². The van der Waals surface area contributed by atoms with Gasteiger partial charge in [-0.05, 0) is 0 Å². The molecule has 0 aliphatic rings. The summed E-state index contributed by atoms with van der Waals surface area (Å²) in [5.74, 6) is 0. The summed E-state index contributed by atoms with van der Waals surface area (Å²) in [6.45, 7) is 2.62. The fraction of sp³-hybridized carbons (Fsp3) is 1.00. The van der Waals surface area contributed by atoms with Gasteiger partial charge in [-0.3, -0.25) is 7.32 Å². The predicted octanol–water partition coefficient (Wildman–Crippen LogP) is -12.6. The third-order valence-corrected chi connectivity index (χ3v) is 0.864. The molecule has 0 aromatic heterocycles. The second-order valence-corrected chi connectivity index (χ2v) is 1.89. The summed E-state index contributed by atoms with van der Waals surface area (Å²) in [6, 6.07) is 0. The van der Waals surface area contributed by atoms with Crippen LogP contribution in [-0.2, 0) is 14.2 Å². The Morgan fingerprint density at radius 3 is 1.19 bits per heavy atom.